The maximum atomic E-state index is 12.4. The molecule has 3 heterocycles. The van der Waals surface area contributed by atoms with Gasteiger partial charge in [-0.1, -0.05) is 11.6 Å². The molecule has 3 rings (SSSR count). The Morgan fingerprint density at radius 2 is 2.00 bits per heavy atom. The normalized spacial score (nSPS) is 24.0. The second-order valence-electron chi connectivity index (χ2n) is 7.70. The van der Waals surface area contributed by atoms with Crippen molar-refractivity contribution in [3.8, 4) is 0 Å². The van der Waals surface area contributed by atoms with E-state index in [1.165, 1.54) is 0 Å². The number of nitrogens with zero attached hydrogens (tertiary/aromatic N) is 4. The van der Waals surface area contributed by atoms with E-state index in [9.17, 15) is 4.79 Å². The molecule has 2 saturated heterocycles. The quantitative estimate of drug-likeness (QED) is 0.776. The van der Waals surface area contributed by atoms with Crippen molar-refractivity contribution in [3.63, 3.8) is 0 Å². The van der Waals surface area contributed by atoms with Crippen LogP contribution in [0.15, 0.2) is 6.07 Å². The van der Waals surface area contributed by atoms with Gasteiger partial charge in [0.2, 0.25) is 0 Å². The van der Waals surface area contributed by atoms with E-state index < -0.39 is 5.60 Å². The average Bonchev–Trinajstić information content (AvgIpc) is 2.88. The van der Waals surface area contributed by atoms with Crippen LogP contribution in [0.5, 0.6) is 0 Å². The summed E-state index contributed by atoms with van der Waals surface area (Å²) in [6, 6.07) is 2.10. The Morgan fingerprint density at radius 3 is 2.67 bits per heavy atom. The van der Waals surface area contributed by atoms with Gasteiger partial charge in [0.25, 0.3) is 0 Å². The van der Waals surface area contributed by atoms with Crippen molar-refractivity contribution in [2.75, 3.05) is 24.5 Å². The van der Waals surface area contributed by atoms with E-state index in [4.69, 9.17) is 16.3 Å². The summed E-state index contributed by atoms with van der Waals surface area (Å²) in [5.41, 5.74) is 0.548. The summed E-state index contributed by atoms with van der Waals surface area (Å²) in [4.78, 5) is 16.5. The van der Waals surface area contributed by atoms with Crippen LogP contribution >= 0.6 is 11.6 Å². The van der Waals surface area contributed by atoms with Crippen molar-refractivity contribution in [3.05, 3.63) is 16.8 Å². The number of amides is 1. The fourth-order valence-corrected chi connectivity index (χ4v) is 3.83. The zero-order chi connectivity index (χ0) is 17.5. The SMILES string of the molecule is Cc1cc(Cl)nnc1N1CCC2CCN(C(=O)OC(C)(C)C)CC21. The third-order valence-corrected chi connectivity index (χ3v) is 4.90. The predicted molar refractivity (Wildman–Crippen MR) is 93.4 cm³/mol. The average molecular weight is 353 g/mol. The Bertz CT molecular complexity index is 632. The molecule has 2 aliphatic heterocycles. The second kappa shape index (κ2) is 6.39. The Kier molecular flexibility index (Phi) is 4.60. The second-order valence-corrected chi connectivity index (χ2v) is 8.09. The minimum atomic E-state index is -0.471. The minimum Gasteiger partial charge on any atom is -0.444 e. The van der Waals surface area contributed by atoms with Gasteiger partial charge in [-0.2, -0.15) is 0 Å². The van der Waals surface area contributed by atoms with Crippen LogP contribution in [0.1, 0.15) is 39.2 Å². The molecule has 0 N–H and O–H groups in total. The number of aryl methyl sites for hydroxylation is 1. The highest BCUT2D eigenvalue weighted by atomic mass is 35.5. The number of anilines is 1. The van der Waals surface area contributed by atoms with Crippen LogP contribution in [0.2, 0.25) is 5.15 Å². The number of carbonyl (C=O) groups excluding carboxylic acids is 1. The third kappa shape index (κ3) is 3.58. The van der Waals surface area contributed by atoms with Crippen LogP contribution in [0.3, 0.4) is 0 Å². The molecule has 1 aromatic rings. The summed E-state index contributed by atoms with van der Waals surface area (Å²) in [5.74, 6) is 1.46. The lowest BCUT2D eigenvalue weighted by molar-refractivity contribution is 0.0173. The van der Waals surface area contributed by atoms with E-state index in [1.807, 2.05) is 38.7 Å². The number of ether oxygens (including phenoxy) is 1. The molecule has 2 unspecified atom stereocenters. The fraction of sp³-hybridized carbons (Fsp3) is 0.706. The van der Waals surface area contributed by atoms with Crippen molar-refractivity contribution < 1.29 is 9.53 Å². The largest absolute Gasteiger partial charge is 0.444 e. The first-order chi connectivity index (χ1) is 11.2. The van der Waals surface area contributed by atoms with Gasteiger partial charge in [0.05, 0.1) is 6.04 Å². The molecule has 1 aromatic heterocycles. The molecule has 0 aliphatic carbocycles. The lowest BCUT2D eigenvalue weighted by Crippen LogP contribution is -2.51. The highest BCUT2D eigenvalue weighted by Gasteiger charge is 2.41. The van der Waals surface area contributed by atoms with E-state index in [2.05, 4.69) is 15.1 Å². The molecule has 2 atom stereocenters. The molecule has 0 radical (unpaired) electrons. The summed E-state index contributed by atoms with van der Waals surface area (Å²) in [7, 11) is 0. The first-order valence-corrected chi connectivity index (χ1v) is 8.87. The van der Waals surface area contributed by atoms with Crippen molar-refractivity contribution in [2.24, 2.45) is 5.92 Å². The smallest absolute Gasteiger partial charge is 0.410 e. The number of hydrogen-bond acceptors (Lipinski definition) is 5. The van der Waals surface area contributed by atoms with Crippen LogP contribution in [0.4, 0.5) is 10.6 Å². The van der Waals surface area contributed by atoms with Crippen LogP contribution in [-0.4, -0.2) is 52.5 Å². The fourth-order valence-electron chi connectivity index (χ4n) is 3.63. The third-order valence-electron chi connectivity index (χ3n) is 4.71. The highest BCUT2D eigenvalue weighted by Crippen LogP contribution is 2.36. The number of aromatic nitrogens is 2. The summed E-state index contributed by atoms with van der Waals surface area (Å²) < 4.78 is 5.53. The zero-order valence-electron chi connectivity index (χ0n) is 14.8. The zero-order valence-corrected chi connectivity index (χ0v) is 15.5. The van der Waals surface area contributed by atoms with Crippen molar-refractivity contribution >= 4 is 23.5 Å². The van der Waals surface area contributed by atoms with Gasteiger partial charge < -0.3 is 14.5 Å². The van der Waals surface area contributed by atoms with Gasteiger partial charge in [-0.25, -0.2) is 4.79 Å². The first-order valence-electron chi connectivity index (χ1n) is 8.49. The molecule has 0 bridgehead atoms. The molecule has 24 heavy (non-hydrogen) atoms. The minimum absolute atomic E-state index is 0.230. The molecule has 0 spiro atoms. The molecule has 0 saturated carbocycles. The Hall–Kier alpha value is -1.56. The maximum absolute atomic E-state index is 12.4. The Balaban J connectivity index is 1.75. The summed E-state index contributed by atoms with van der Waals surface area (Å²) in [6.45, 7) is 10.1. The standard InChI is InChI=1S/C17H25ClN4O2/c1-11-9-14(18)19-20-15(11)22-8-6-12-5-7-21(10-13(12)22)16(23)24-17(2,3)4/h9,12-13H,5-8,10H2,1-4H3. The molecule has 2 aliphatic rings. The number of hydrogen-bond donors (Lipinski definition) is 0. The first kappa shape index (κ1) is 17.3. The molecular formula is C17H25ClN4O2. The van der Waals surface area contributed by atoms with Crippen molar-refractivity contribution in [1.29, 1.82) is 0 Å². The van der Waals surface area contributed by atoms with Gasteiger partial charge in [0.1, 0.15) is 5.60 Å². The summed E-state index contributed by atoms with van der Waals surface area (Å²) in [5, 5.41) is 8.69. The monoisotopic (exact) mass is 352 g/mol. The van der Waals surface area contributed by atoms with Crippen LogP contribution in [-0.2, 0) is 4.74 Å². The van der Waals surface area contributed by atoms with Crippen molar-refractivity contribution in [2.45, 2.75) is 52.2 Å². The van der Waals surface area contributed by atoms with E-state index in [0.29, 0.717) is 17.6 Å². The maximum Gasteiger partial charge on any atom is 0.410 e. The van der Waals surface area contributed by atoms with E-state index in [1.54, 1.807) is 0 Å². The van der Waals surface area contributed by atoms with Gasteiger partial charge in [0, 0.05) is 19.6 Å². The predicted octanol–water partition coefficient (Wildman–Crippen LogP) is 3.27. The molecule has 2 fully saturated rings. The Labute approximate surface area is 148 Å². The van der Waals surface area contributed by atoms with E-state index >= 15 is 0 Å². The van der Waals surface area contributed by atoms with Crippen LogP contribution < -0.4 is 4.90 Å². The van der Waals surface area contributed by atoms with Crippen LogP contribution in [0, 0.1) is 12.8 Å². The topological polar surface area (TPSA) is 58.6 Å². The van der Waals surface area contributed by atoms with Gasteiger partial charge in [0.15, 0.2) is 11.0 Å². The molecule has 1 amide bonds. The van der Waals surface area contributed by atoms with Gasteiger partial charge in [-0.05, 0) is 58.1 Å². The molecule has 7 heteroatoms. The lowest BCUT2D eigenvalue weighted by Gasteiger charge is -2.39. The lowest BCUT2D eigenvalue weighted by atomic mass is 9.92. The summed E-state index contributed by atoms with van der Waals surface area (Å²) in [6.07, 6.45) is 1.89. The van der Waals surface area contributed by atoms with Gasteiger partial charge in [-0.3, -0.25) is 0 Å². The van der Waals surface area contributed by atoms with Gasteiger partial charge in [-0.15, -0.1) is 10.2 Å². The van der Waals surface area contributed by atoms with E-state index in [0.717, 1.165) is 37.3 Å². The number of rotatable bonds is 1. The number of piperidine rings is 1. The van der Waals surface area contributed by atoms with Crippen LogP contribution in [0.25, 0.3) is 0 Å². The molecule has 0 aromatic carbocycles. The summed E-state index contributed by atoms with van der Waals surface area (Å²) >= 11 is 5.93. The van der Waals surface area contributed by atoms with Gasteiger partial charge >= 0.3 is 6.09 Å². The molecule has 6 nitrogen and oxygen atoms in total. The number of likely N-dealkylation sites (tertiary alicyclic amines) is 1. The molecular weight excluding hydrogens is 328 g/mol. The highest BCUT2D eigenvalue weighted by molar-refractivity contribution is 6.29. The molecule has 132 valence electrons. The van der Waals surface area contributed by atoms with Crippen molar-refractivity contribution in [1.82, 2.24) is 15.1 Å². The Morgan fingerprint density at radius 1 is 1.29 bits per heavy atom. The number of carbonyl (C=O) groups is 1. The number of halogens is 1. The van der Waals surface area contributed by atoms with E-state index in [-0.39, 0.29) is 12.1 Å². The number of fused-ring (bicyclic) bond motifs is 1.